The standard InChI is InChI=1S/C12H18N6O/c1-3-19-12-16-10(14-2)15-11(17-12)18(8-4-7-13)9-5-6-9/h9H,3-6,8H2,1-2H3,(H,14,15,16,17). The number of nitriles is 1. The lowest BCUT2D eigenvalue weighted by molar-refractivity contribution is 0.312. The molecule has 2 rings (SSSR count). The van der Waals surface area contributed by atoms with Crippen molar-refractivity contribution in [1.82, 2.24) is 15.0 Å². The van der Waals surface area contributed by atoms with Crippen LogP contribution in [0.3, 0.4) is 0 Å². The third-order valence-corrected chi connectivity index (χ3v) is 2.81. The summed E-state index contributed by atoms with van der Waals surface area (Å²) in [4.78, 5) is 14.9. The molecule has 1 fully saturated rings. The van der Waals surface area contributed by atoms with E-state index in [-0.39, 0.29) is 0 Å². The number of rotatable bonds is 7. The lowest BCUT2D eigenvalue weighted by Crippen LogP contribution is -2.29. The van der Waals surface area contributed by atoms with E-state index < -0.39 is 0 Å². The molecule has 1 aromatic rings. The molecule has 102 valence electrons. The summed E-state index contributed by atoms with van der Waals surface area (Å²) in [7, 11) is 1.76. The Balaban J connectivity index is 2.24. The van der Waals surface area contributed by atoms with E-state index in [0.717, 1.165) is 12.8 Å². The highest BCUT2D eigenvalue weighted by molar-refractivity contribution is 5.40. The number of nitrogens with one attached hydrogen (secondary N) is 1. The Bertz CT molecular complexity index is 468. The van der Waals surface area contributed by atoms with Crippen molar-refractivity contribution in [3.8, 4) is 12.1 Å². The van der Waals surface area contributed by atoms with E-state index in [1.54, 1.807) is 7.05 Å². The van der Waals surface area contributed by atoms with Gasteiger partial charge in [0.15, 0.2) is 0 Å². The van der Waals surface area contributed by atoms with Crippen molar-refractivity contribution in [2.45, 2.75) is 32.2 Å². The van der Waals surface area contributed by atoms with E-state index in [4.69, 9.17) is 10.00 Å². The molecular weight excluding hydrogens is 244 g/mol. The van der Waals surface area contributed by atoms with Crippen LogP contribution >= 0.6 is 0 Å². The second kappa shape index (κ2) is 6.18. The molecule has 7 nitrogen and oxygen atoms in total. The van der Waals surface area contributed by atoms with Crippen LogP contribution in [0.4, 0.5) is 11.9 Å². The number of nitrogens with zero attached hydrogens (tertiary/aromatic N) is 5. The maximum absolute atomic E-state index is 8.74. The number of hydrogen-bond donors (Lipinski definition) is 1. The van der Waals surface area contributed by atoms with Gasteiger partial charge in [0.25, 0.3) is 0 Å². The lowest BCUT2D eigenvalue weighted by Gasteiger charge is -2.21. The van der Waals surface area contributed by atoms with Gasteiger partial charge in [-0.1, -0.05) is 0 Å². The molecule has 0 saturated heterocycles. The van der Waals surface area contributed by atoms with Gasteiger partial charge in [0.2, 0.25) is 11.9 Å². The molecule has 1 aromatic heterocycles. The summed E-state index contributed by atoms with van der Waals surface area (Å²) in [6.45, 7) is 3.03. The van der Waals surface area contributed by atoms with Gasteiger partial charge in [-0.15, -0.1) is 0 Å². The summed E-state index contributed by atoms with van der Waals surface area (Å²) < 4.78 is 5.35. The van der Waals surface area contributed by atoms with Crippen LogP contribution in [0.5, 0.6) is 6.01 Å². The highest BCUT2D eigenvalue weighted by Gasteiger charge is 2.31. The van der Waals surface area contributed by atoms with E-state index in [1.807, 2.05) is 6.92 Å². The maximum atomic E-state index is 8.74. The first kappa shape index (κ1) is 13.3. The first-order valence-corrected chi connectivity index (χ1v) is 6.48. The van der Waals surface area contributed by atoms with Gasteiger partial charge in [-0.3, -0.25) is 0 Å². The maximum Gasteiger partial charge on any atom is 0.323 e. The molecular formula is C12H18N6O. The van der Waals surface area contributed by atoms with Crippen LogP contribution < -0.4 is 15.0 Å². The Morgan fingerprint density at radius 1 is 1.42 bits per heavy atom. The van der Waals surface area contributed by atoms with Crippen molar-refractivity contribution < 1.29 is 4.74 Å². The second-order valence-electron chi connectivity index (χ2n) is 4.26. The molecule has 19 heavy (non-hydrogen) atoms. The lowest BCUT2D eigenvalue weighted by atomic mass is 10.4. The molecule has 0 radical (unpaired) electrons. The van der Waals surface area contributed by atoms with Crippen LogP contribution in [-0.4, -0.2) is 41.2 Å². The first-order chi connectivity index (χ1) is 9.28. The Morgan fingerprint density at radius 3 is 2.79 bits per heavy atom. The number of ether oxygens (including phenoxy) is 1. The molecule has 0 unspecified atom stereocenters. The van der Waals surface area contributed by atoms with Gasteiger partial charge < -0.3 is 15.0 Å². The van der Waals surface area contributed by atoms with Crippen molar-refractivity contribution >= 4 is 11.9 Å². The number of hydrogen-bond acceptors (Lipinski definition) is 7. The van der Waals surface area contributed by atoms with Crippen molar-refractivity contribution in [1.29, 1.82) is 5.26 Å². The monoisotopic (exact) mass is 262 g/mol. The average molecular weight is 262 g/mol. The third-order valence-electron chi connectivity index (χ3n) is 2.81. The number of aromatic nitrogens is 3. The van der Waals surface area contributed by atoms with Crippen LogP contribution in [0.1, 0.15) is 26.2 Å². The van der Waals surface area contributed by atoms with Crippen LogP contribution in [0.15, 0.2) is 0 Å². The third kappa shape index (κ3) is 3.44. The summed E-state index contributed by atoms with van der Waals surface area (Å²) in [6.07, 6.45) is 2.70. The predicted molar refractivity (Wildman–Crippen MR) is 71.1 cm³/mol. The SMILES string of the molecule is CCOc1nc(NC)nc(N(CCC#N)C2CC2)n1. The Kier molecular flexibility index (Phi) is 4.34. The van der Waals surface area contributed by atoms with E-state index in [9.17, 15) is 0 Å². The molecule has 0 aliphatic heterocycles. The molecule has 0 spiro atoms. The molecule has 1 aliphatic carbocycles. The summed E-state index contributed by atoms with van der Waals surface area (Å²) in [5.41, 5.74) is 0. The topological polar surface area (TPSA) is 87.0 Å². The smallest absolute Gasteiger partial charge is 0.323 e. The van der Waals surface area contributed by atoms with Gasteiger partial charge in [0, 0.05) is 19.6 Å². The minimum Gasteiger partial charge on any atom is -0.464 e. The predicted octanol–water partition coefficient (Wildman–Crippen LogP) is 1.19. The summed E-state index contributed by atoms with van der Waals surface area (Å²) >= 11 is 0. The highest BCUT2D eigenvalue weighted by atomic mass is 16.5. The second-order valence-corrected chi connectivity index (χ2v) is 4.26. The zero-order valence-corrected chi connectivity index (χ0v) is 11.3. The van der Waals surface area contributed by atoms with E-state index in [2.05, 4.69) is 31.2 Å². The molecule has 0 bridgehead atoms. The van der Waals surface area contributed by atoms with Gasteiger partial charge in [-0.2, -0.15) is 20.2 Å². The Labute approximate surface area is 112 Å². The van der Waals surface area contributed by atoms with Gasteiger partial charge in [0.05, 0.1) is 19.1 Å². The zero-order chi connectivity index (χ0) is 13.7. The van der Waals surface area contributed by atoms with Gasteiger partial charge in [-0.05, 0) is 19.8 Å². The van der Waals surface area contributed by atoms with E-state index >= 15 is 0 Å². The normalized spacial score (nSPS) is 13.7. The summed E-state index contributed by atoms with van der Waals surface area (Å²) in [5, 5.41) is 11.6. The quantitative estimate of drug-likeness (QED) is 0.789. The minimum absolute atomic E-state index is 0.319. The van der Waals surface area contributed by atoms with E-state index in [0.29, 0.717) is 43.5 Å². The van der Waals surface area contributed by atoms with Gasteiger partial charge >= 0.3 is 6.01 Å². The van der Waals surface area contributed by atoms with Crippen LogP contribution in [-0.2, 0) is 0 Å². The van der Waals surface area contributed by atoms with Gasteiger partial charge in [0.1, 0.15) is 0 Å². The van der Waals surface area contributed by atoms with Crippen molar-refractivity contribution in [2.75, 3.05) is 30.4 Å². The molecule has 1 aliphatic rings. The van der Waals surface area contributed by atoms with Gasteiger partial charge in [-0.25, -0.2) is 0 Å². The van der Waals surface area contributed by atoms with Crippen LogP contribution in [0.25, 0.3) is 0 Å². The fraction of sp³-hybridized carbons (Fsp3) is 0.667. The molecule has 7 heteroatoms. The van der Waals surface area contributed by atoms with Crippen molar-refractivity contribution in [3.63, 3.8) is 0 Å². The first-order valence-electron chi connectivity index (χ1n) is 6.48. The Morgan fingerprint density at radius 2 is 2.21 bits per heavy atom. The Hall–Kier alpha value is -2.10. The van der Waals surface area contributed by atoms with Crippen molar-refractivity contribution in [2.24, 2.45) is 0 Å². The largest absolute Gasteiger partial charge is 0.464 e. The van der Waals surface area contributed by atoms with Crippen molar-refractivity contribution in [3.05, 3.63) is 0 Å². The molecule has 0 atom stereocenters. The highest BCUT2D eigenvalue weighted by Crippen LogP contribution is 2.30. The molecule has 0 aromatic carbocycles. The van der Waals surface area contributed by atoms with E-state index in [1.165, 1.54) is 0 Å². The summed E-state index contributed by atoms with van der Waals surface area (Å²) in [6, 6.07) is 2.92. The molecule has 1 saturated carbocycles. The molecule has 0 amide bonds. The zero-order valence-electron chi connectivity index (χ0n) is 11.3. The summed E-state index contributed by atoms with van der Waals surface area (Å²) in [5.74, 6) is 1.07. The van der Waals surface area contributed by atoms with Crippen LogP contribution in [0, 0.1) is 11.3 Å². The molecule has 1 N–H and O–H groups in total. The number of anilines is 2. The van der Waals surface area contributed by atoms with Crippen LogP contribution in [0.2, 0.25) is 0 Å². The minimum atomic E-state index is 0.319. The molecule has 1 heterocycles. The average Bonchev–Trinajstić information content (AvgIpc) is 3.24. The fourth-order valence-electron chi connectivity index (χ4n) is 1.78. The fourth-order valence-corrected chi connectivity index (χ4v) is 1.78.